The van der Waals surface area contributed by atoms with Crippen molar-refractivity contribution in [1.29, 1.82) is 0 Å². The Kier molecular flexibility index (Phi) is 7.05. The van der Waals surface area contributed by atoms with Crippen LogP contribution in [0.25, 0.3) is 33.1 Å². The third-order valence-electron chi connectivity index (χ3n) is 4.68. The number of rotatable bonds is 2. The highest BCUT2D eigenvalue weighted by Gasteiger charge is 2.33. The summed E-state index contributed by atoms with van der Waals surface area (Å²) < 4.78 is 7.41. The second-order valence-electron chi connectivity index (χ2n) is 6.49. The fourth-order valence-electron chi connectivity index (χ4n) is 3.29. The predicted molar refractivity (Wildman–Crippen MR) is 152 cm³/mol. The molecule has 164 valence electrons. The maximum absolute atomic E-state index is 12.3. The molecule has 3 aromatic carbocycles. The fraction of sp³-hybridized carbons (Fsp3) is 0. The molecule has 4 rings (SSSR count). The molecule has 0 aliphatic rings. The number of carboxylic acid groups (broad SMARTS) is 1. The number of halogens is 7. The lowest BCUT2D eigenvalue weighted by atomic mass is 9.93. The largest absolute Gasteiger partial charge is 0.506 e. The van der Waals surface area contributed by atoms with Crippen molar-refractivity contribution >= 4 is 142 Å². The highest BCUT2D eigenvalue weighted by molar-refractivity contribution is 14.1. The molecule has 3 N–H and O–H groups in total. The van der Waals surface area contributed by atoms with E-state index in [4.69, 9.17) is 50.8 Å². The normalized spacial score (nSPS) is 11.5. The van der Waals surface area contributed by atoms with Gasteiger partial charge >= 0.3 is 17.1 Å². The molecule has 0 saturated heterocycles. The van der Waals surface area contributed by atoms with Crippen molar-refractivity contribution in [3.8, 4) is 22.6 Å². The van der Waals surface area contributed by atoms with E-state index < -0.39 is 5.97 Å². The lowest BCUT2D eigenvalue weighted by Crippen LogP contribution is -2.04. The first-order valence-corrected chi connectivity index (χ1v) is 13.1. The Hall–Kier alpha value is -0.250. The minimum absolute atomic E-state index is 0.000732. The van der Waals surface area contributed by atoms with Crippen LogP contribution in [-0.2, 0) is 0 Å². The highest BCUT2D eigenvalue weighted by atomic mass is 127. The van der Waals surface area contributed by atoms with Crippen molar-refractivity contribution in [2.45, 2.75) is 0 Å². The monoisotopic (exact) mass is 847 g/mol. The smallest absolute Gasteiger partial charge is 0.378 e. The van der Waals surface area contributed by atoms with Gasteiger partial charge in [-0.2, -0.15) is 0 Å². The fourth-order valence-corrected chi connectivity index (χ4v) is 6.57. The first-order chi connectivity index (χ1) is 15.0. The van der Waals surface area contributed by atoms with Gasteiger partial charge < -0.3 is 15.3 Å². The van der Waals surface area contributed by atoms with Gasteiger partial charge in [0.25, 0.3) is 0 Å². The number of aromatic hydroxyl groups is 2. The summed E-state index contributed by atoms with van der Waals surface area (Å²) in [6, 6.07) is 4.68. The van der Waals surface area contributed by atoms with Gasteiger partial charge in [0.15, 0.2) is 9.32 Å². The number of benzene rings is 3. The molecule has 0 amide bonds. The molecule has 12 heteroatoms. The van der Waals surface area contributed by atoms with Gasteiger partial charge in [-0.1, -0.05) is 46.4 Å². The molecule has 4 aromatic rings. The topological polar surface area (TPSA) is 89.1 Å². The van der Waals surface area contributed by atoms with Crippen molar-refractivity contribution in [2.24, 2.45) is 0 Å². The van der Waals surface area contributed by atoms with Gasteiger partial charge in [-0.15, -0.1) is 0 Å². The van der Waals surface area contributed by atoms with Gasteiger partial charge in [0.1, 0.15) is 5.75 Å². The molecule has 0 aliphatic carbocycles. The molecule has 0 radical (unpaired) electrons. The van der Waals surface area contributed by atoms with Crippen LogP contribution < -0.4 is 0 Å². The van der Waals surface area contributed by atoms with E-state index in [2.05, 4.69) is 0 Å². The summed E-state index contributed by atoms with van der Waals surface area (Å²) in [5.41, 5.74) is 0.571. The first-order valence-electron chi connectivity index (χ1n) is 8.34. The maximum Gasteiger partial charge on any atom is 0.378 e. The van der Waals surface area contributed by atoms with Crippen LogP contribution in [0.4, 0.5) is 0 Å². The van der Waals surface area contributed by atoms with E-state index in [1.54, 1.807) is 12.1 Å². The summed E-state index contributed by atoms with van der Waals surface area (Å²) in [6.07, 6.45) is 0. The zero-order chi connectivity index (χ0) is 23.6. The van der Waals surface area contributed by atoms with E-state index in [1.807, 2.05) is 67.8 Å². The second-order valence-corrected chi connectivity index (χ2v) is 11.4. The van der Waals surface area contributed by atoms with Crippen LogP contribution in [-0.4, -0.2) is 21.3 Å². The van der Waals surface area contributed by atoms with Crippen molar-refractivity contribution in [2.75, 3.05) is 0 Å². The van der Waals surface area contributed by atoms with Gasteiger partial charge in [0.2, 0.25) is 0 Å². The Bertz CT molecular complexity index is 1510. The molecule has 0 spiro atoms. The van der Waals surface area contributed by atoms with E-state index in [-0.39, 0.29) is 53.9 Å². The van der Waals surface area contributed by atoms with Crippen LogP contribution in [0.15, 0.2) is 22.6 Å². The lowest BCUT2D eigenvalue weighted by Gasteiger charge is -2.16. The van der Waals surface area contributed by atoms with E-state index in [0.29, 0.717) is 27.0 Å². The van der Waals surface area contributed by atoms with Crippen LogP contribution in [0.5, 0.6) is 11.5 Å². The lowest BCUT2D eigenvalue weighted by molar-refractivity contribution is 0.0698. The standard InChI is InChI=1S/C20H5Cl4I3O5/c21-13-11(12(20(30)31)14(22)16(24)15(13)23)10-4-1-6(25)8(28)3-9(4)32-19-5(10)2-7(26)18(29)17(19)27/h1-3H,(H2-,28,29,30,31)/p+1. The summed E-state index contributed by atoms with van der Waals surface area (Å²) in [5.74, 6) is -1.39. The summed E-state index contributed by atoms with van der Waals surface area (Å²) >= 11 is 31.2. The van der Waals surface area contributed by atoms with Crippen LogP contribution >= 0.6 is 114 Å². The summed E-state index contributed by atoms with van der Waals surface area (Å²) in [6.45, 7) is 0. The summed E-state index contributed by atoms with van der Waals surface area (Å²) in [7, 11) is 0. The molecule has 0 bridgehead atoms. The van der Waals surface area contributed by atoms with Gasteiger partial charge in [0, 0.05) is 11.1 Å². The average molecular weight is 849 g/mol. The van der Waals surface area contributed by atoms with Crippen LogP contribution in [0, 0.1) is 10.7 Å². The van der Waals surface area contributed by atoms with Gasteiger partial charge in [-0.05, 0) is 79.9 Å². The van der Waals surface area contributed by atoms with E-state index >= 15 is 0 Å². The third-order valence-corrected chi connectivity index (χ3v) is 9.17. The molecule has 0 aliphatic heterocycles. The van der Waals surface area contributed by atoms with Gasteiger partial charge in [-0.3, -0.25) is 0 Å². The summed E-state index contributed by atoms with van der Waals surface area (Å²) in [4.78, 5) is 12.3. The van der Waals surface area contributed by atoms with Crippen molar-refractivity contribution in [3.63, 3.8) is 0 Å². The molecule has 5 nitrogen and oxygen atoms in total. The van der Waals surface area contributed by atoms with Gasteiger partial charge in [0.05, 0.1) is 49.6 Å². The number of fused-ring (bicyclic) bond motifs is 2. The minimum atomic E-state index is -1.36. The van der Waals surface area contributed by atoms with E-state index in [0.717, 1.165) is 0 Å². The first kappa shape index (κ1) is 24.9. The Morgan fingerprint density at radius 1 is 0.812 bits per heavy atom. The number of aromatic carboxylic acids is 1. The van der Waals surface area contributed by atoms with Crippen molar-refractivity contribution in [1.82, 2.24) is 0 Å². The predicted octanol–water partition coefficient (Wildman–Crippen LogP) is 9.07. The zero-order valence-electron chi connectivity index (χ0n) is 15.0. The number of hydrogen-bond acceptors (Lipinski definition) is 3. The molecule has 0 saturated carbocycles. The number of phenolic OH excluding ortho intramolecular Hbond substituents is 2. The zero-order valence-corrected chi connectivity index (χ0v) is 24.5. The molecule has 0 atom stereocenters. The molecule has 1 heterocycles. The van der Waals surface area contributed by atoms with Crippen molar-refractivity contribution in [3.05, 3.63) is 54.6 Å². The van der Waals surface area contributed by atoms with Crippen LogP contribution in [0.1, 0.15) is 10.4 Å². The van der Waals surface area contributed by atoms with E-state index in [9.17, 15) is 20.1 Å². The number of hydrogen-bond donors (Lipinski definition) is 3. The highest BCUT2D eigenvalue weighted by Crippen LogP contribution is 2.51. The number of carbonyl (C=O) groups is 1. The minimum Gasteiger partial charge on any atom is -0.506 e. The quantitative estimate of drug-likeness (QED) is 0.0617. The Labute approximate surface area is 241 Å². The molecule has 32 heavy (non-hydrogen) atoms. The molecule has 0 fully saturated rings. The molecule has 0 unspecified atom stereocenters. The molecule has 1 aromatic heterocycles. The third kappa shape index (κ3) is 3.87. The SMILES string of the molecule is O=C(O)c1c(Cl)c(Cl)c(Cl)c(Cl)c1-c1c2cc(I)c(O)cc2[o+]c2c(I)c(O)c(I)cc12. The maximum atomic E-state index is 12.3. The molecular weight excluding hydrogens is 843 g/mol. The Morgan fingerprint density at radius 3 is 2.03 bits per heavy atom. The number of phenols is 2. The average Bonchev–Trinajstić information content (AvgIpc) is 2.73. The Balaban J connectivity index is 2.40. The van der Waals surface area contributed by atoms with Crippen LogP contribution in [0.3, 0.4) is 0 Å². The van der Waals surface area contributed by atoms with Crippen LogP contribution in [0.2, 0.25) is 20.1 Å². The van der Waals surface area contributed by atoms with Crippen molar-refractivity contribution < 1.29 is 24.5 Å². The summed E-state index contributed by atoms with van der Waals surface area (Å²) in [5, 5.41) is 31.0. The van der Waals surface area contributed by atoms with E-state index in [1.165, 1.54) is 6.07 Å². The Morgan fingerprint density at radius 2 is 1.41 bits per heavy atom. The van der Waals surface area contributed by atoms with Gasteiger partial charge in [-0.25, -0.2) is 9.21 Å². The molecular formula is C20H6Cl4I3O5+. The second kappa shape index (κ2) is 9.08. The number of carboxylic acids is 1.